The zero-order chi connectivity index (χ0) is 19.9. The lowest BCUT2D eigenvalue weighted by Crippen LogP contribution is -2.49. The first-order valence-corrected chi connectivity index (χ1v) is 11.5. The summed E-state index contributed by atoms with van der Waals surface area (Å²) in [4.78, 5) is 19.7. The Morgan fingerprint density at radius 1 is 1.00 bits per heavy atom. The van der Waals surface area contributed by atoms with Crippen molar-refractivity contribution in [2.45, 2.75) is 76.0 Å². The van der Waals surface area contributed by atoms with Crippen LogP contribution in [0.25, 0.3) is 0 Å². The highest BCUT2D eigenvalue weighted by Crippen LogP contribution is 2.25. The molecule has 160 valence electrons. The Balaban J connectivity index is 1.38. The predicted molar refractivity (Wildman–Crippen MR) is 113 cm³/mol. The molecule has 3 aliphatic rings. The molecule has 1 aromatic rings. The molecule has 3 heterocycles. The summed E-state index contributed by atoms with van der Waals surface area (Å²) >= 11 is 0. The zero-order valence-electron chi connectivity index (χ0n) is 17.5. The molecule has 1 saturated carbocycles. The Morgan fingerprint density at radius 2 is 1.76 bits per heavy atom. The molecule has 0 unspecified atom stereocenters. The minimum absolute atomic E-state index is 0.0649. The molecule has 2 atom stereocenters. The molecule has 0 radical (unpaired) electrons. The van der Waals surface area contributed by atoms with E-state index >= 15 is 0 Å². The fraction of sp³-hybridized carbons (Fsp3) is 0.739. The molecular formula is C23H36N4O2. The Kier molecular flexibility index (Phi) is 7.52. The number of hydrogen-bond donors (Lipinski definition) is 2. The van der Waals surface area contributed by atoms with Crippen LogP contribution in [0.1, 0.15) is 56.9 Å². The summed E-state index contributed by atoms with van der Waals surface area (Å²) in [6, 6.07) is 5.64. The lowest BCUT2D eigenvalue weighted by Gasteiger charge is -2.36. The summed E-state index contributed by atoms with van der Waals surface area (Å²) in [7, 11) is 0. The molecule has 29 heavy (non-hydrogen) atoms. The summed E-state index contributed by atoms with van der Waals surface area (Å²) in [5, 5.41) is 7.10. The van der Waals surface area contributed by atoms with Crippen LogP contribution in [0.3, 0.4) is 0 Å². The van der Waals surface area contributed by atoms with Gasteiger partial charge in [0.15, 0.2) is 0 Å². The Labute approximate surface area is 174 Å². The van der Waals surface area contributed by atoms with Gasteiger partial charge in [0.2, 0.25) is 5.91 Å². The molecule has 6 heteroatoms. The number of nitrogens with zero attached hydrogens (tertiary/aromatic N) is 2. The second-order valence-electron chi connectivity index (χ2n) is 8.99. The van der Waals surface area contributed by atoms with Gasteiger partial charge in [0, 0.05) is 63.4 Å². The summed E-state index contributed by atoms with van der Waals surface area (Å²) in [6.45, 7) is 4.21. The van der Waals surface area contributed by atoms with E-state index in [0.717, 1.165) is 57.6 Å². The van der Waals surface area contributed by atoms with Crippen LogP contribution in [0.4, 0.5) is 0 Å². The Bertz CT molecular complexity index is 629. The third-order valence-corrected chi connectivity index (χ3v) is 6.89. The van der Waals surface area contributed by atoms with Gasteiger partial charge < -0.3 is 15.4 Å². The maximum atomic E-state index is 13.0. The van der Waals surface area contributed by atoms with Gasteiger partial charge in [0.1, 0.15) is 0 Å². The lowest BCUT2D eigenvalue weighted by atomic mass is 10.00. The van der Waals surface area contributed by atoms with Gasteiger partial charge in [0.05, 0.1) is 5.92 Å². The number of likely N-dealkylation sites (tertiary alicyclic amines) is 1. The van der Waals surface area contributed by atoms with Crippen molar-refractivity contribution in [1.82, 2.24) is 20.5 Å². The summed E-state index contributed by atoms with van der Waals surface area (Å²) in [5.74, 6) is 0.260. The van der Waals surface area contributed by atoms with E-state index in [1.165, 1.54) is 25.7 Å². The SMILES string of the molecule is O=C(NCc1ccncc1)[C@@H]1CC[C@H](NC2CCCC2)CN(C2CCOCC2)C1. The monoisotopic (exact) mass is 400 g/mol. The van der Waals surface area contributed by atoms with Crippen LogP contribution in [0, 0.1) is 5.92 Å². The number of pyridine rings is 1. The van der Waals surface area contributed by atoms with Crippen molar-refractivity contribution in [3.8, 4) is 0 Å². The van der Waals surface area contributed by atoms with E-state index in [9.17, 15) is 4.79 Å². The van der Waals surface area contributed by atoms with Crippen molar-refractivity contribution < 1.29 is 9.53 Å². The topological polar surface area (TPSA) is 66.5 Å². The smallest absolute Gasteiger partial charge is 0.224 e. The highest BCUT2D eigenvalue weighted by atomic mass is 16.5. The minimum Gasteiger partial charge on any atom is -0.381 e. The number of amides is 1. The van der Waals surface area contributed by atoms with Gasteiger partial charge in [-0.2, -0.15) is 0 Å². The van der Waals surface area contributed by atoms with Gasteiger partial charge in [-0.25, -0.2) is 0 Å². The fourth-order valence-electron chi connectivity index (χ4n) is 5.18. The van der Waals surface area contributed by atoms with Crippen molar-refractivity contribution in [3.63, 3.8) is 0 Å². The first kappa shape index (κ1) is 20.8. The number of rotatable bonds is 6. The van der Waals surface area contributed by atoms with Gasteiger partial charge in [-0.05, 0) is 56.2 Å². The maximum absolute atomic E-state index is 13.0. The van der Waals surface area contributed by atoms with Gasteiger partial charge in [-0.15, -0.1) is 0 Å². The molecule has 2 aliphatic heterocycles. The number of aromatic nitrogens is 1. The molecule has 0 spiro atoms. The van der Waals surface area contributed by atoms with Gasteiger partial charge in [-0.1, -0.05) is 12.8 Å². The first-order valence-electron chi connectivity index (χ1n) is 11.5. The van der Waals surface area contributed by atoms with Crippen LogP contribution < -0.4 is 10.6 Å². The predicted octanol–water partition coefficient (Wildman–Crippen LogP) is 2.49. The van der Waals surface area contributed by atoms with E-state index in [1.54, 1.807) is 12.4 Å². The normalized spacial score (nSPS) is 27.6. The summed E-state index contributed by atoms with van der Waals surface area (Å²) in [5.41, 5.74) is 1.10. The first-order chi connectivity index (χ1) is 14.3. The number of carbonyl (C=O) groups excluding carboxylic acids is 1. The van der Waals surface area contributed by atoms with Crippen LogP contribution in [0.5, 0.6) is 0 Å². The van der Waals surface area contributed by atoms with Crippen LogP contribution in [-0.4, -0.2) is 60.2 Å². The fourth-order valence-corrected chi connectivity index (χ4v) is 5.18. The number of hydrogen-bond acceptors (Lipinski definition) is 5. The van der Waals surface area contributed by atoms with Crippen LogP contribution in [-0.2, 0) is 16.1 Å². The van der Waals surface area contributed by atoms with Crippen molar-refractivity contribution in [2.75, 3.05) is 26.3 Å². The molecular weight excluding hydrogens is 364 g/mol. The molecule has 1 amide bonds. The average molecular weight is 401 g/mol. The van der Waals surface area contributed by atoms with Gasteiger partial charge >= 0.3 is 0 Å². The molecule has 1 aliphatic carbocycles. The van der Waals surface area contributed by atoms with E-state index in [4.69, 9.17) is 4.74 Å². The van der Waals surface area contributed by atoms with Crippen molar-refractivity contribution in [2.24, 2.45) is 5.92 Å². The molecule has 6 nitrogen and oxygen atoms in total. The number of carbonyl (C=O) groups is 1. The van der Waals surface area contributed by atoms with Crippen molar-refractivity contribution in [1.29, 1.82) is 0 Å². The average Bonchev–Trinajstić information content (AvgIpc) is 3.19. The third kappa shape index (κ3) is 6.00. The molecule has 0 aromatic carbocycles. The van der Waals surface area contributed by atoms with Crippen LogP contribution >= 0.6 is 0 Å². The molecule has 0 bridgehead atoms. The van der Waals surface area contributed by atoms with Gasteiger partial charge in [-0.3, -0.25) is 14.7 Å². The molecule has 2 N–H and O–H groups in total. The van der Waals surface area contributed by atoms with E-state index in [-0.39, 0.29) is 11.8 Å². The van der Waals surface area contributed by atoms with E-state index in [2.05, 4.69) is 20.5 Å². The second-order valence-corrected chi connectivity index (χ2v) is 8.99. The highest BCUT2D eigenvalue weighted by molar-refractivity contribution is 5.78. The number of nitrogens with one attached hydrogen (secondary N) is 2. The highest BCUT2D eigenvalue weighted by Gasteiger charge is 2.33. The zero-order valence-corrected chi connectivity index (χ0v) is 17.5. The van der Waals surface area contributed by atoms with E-state index in [0.29, 0.717) is 24.7 Å². The lowest BCUT2D eigenvalue weighted by molar-refractivity contribution is -0.126. The van der Waals surface area contributed by atoms with Crippen molar-refractivity contribution >= 4 is 5.91 Å². The Morgan fingerprint density at radius 3 is 2.52 bits per heavy atom. The third-order valence-electron chi connectivity index (χ3n) is 6.89. The quantitative estimate of drug-likeness (QED) is 0.768. The van der Waals surface area contributed by atoms with Crippen molar-refractivity contribution in [3.05, 3.63) is 30.1 Å². The molecule has 2 saturated heterocycles. The summed E-state index contributed by atoms with van der Waals surface area (Å²) < 4.78 is 5.59. The standard InChI is InChI=1S/C23H36N4O2/c28-23(25-15-18-7-11-24-12-8-18)19-5-6-21(26-20-3-1-2-4-20)17-27(16-19)22-9-13-29-14-10-22/h7-8,11-12,19-22,26H,1-6,9-10,13-17H2,(H,25,28)/t19-,21+/m1/s1. The van der Waals surface area contributed by atoms with Crippen LogP contribution in [0.15, 0.2) is 24.5 Å². The van der Waals surface area contributed by atoms with Gasteiger partial charge in [0.25, 0.3) is 0 Å². The minimum atomic E-state index is 0.0649. The summed E-state index contributed by atoms with van der Waals surface area (Å²) in [6.07, 6.45) is 13.1. The van der Waals surface area contributed by atoms with E-state index in [1.807, 2.05) is 12.1 Å². The largest absolute Gasteiger partial charge is 0.381 e. The van der Waals surface area contributed by atoms with Crippen LogP contribution in [0.2, 0.25) is 0 Å². The second kappa shape index (κ2) is 10.5. The molecule has 1 aromatic heterocycles. The Hall–Kier alpha value is -1.50. The maximum Gasteiger partial charge on any atom is 0.224 e. The molecule has 3 fully saturated rings. The number of ether oxygens (including phenoxy) is 1. The molecule has 4 rings (SSSR count). The van der Waals surface area contributed by atoms with E-state index < -0.39 is 0 Å².